The molecule has 2 aromatic carbocycles. The second kappa shape index (κ2) is 6.70. The van der Waals surface area contributed by atoms with Gasteiger partial charge in [-0.05, 0) is 42.3 Å². The predicted octanol–water partition coefficient (Wildman–Crippen LogP) is 3.93. The van der Waals surface area contributed by atoms with Crippen LogP contribution in [0.5, 0.6) is 0 Å². The van der Waals surface area contributed by atoms with Crippen LogP contribution in [0.15, 0.2) is 36.4 Å². The number of carbonyl (C=O) groups is 1. The Hall–Kier alpha value is -1.91. The fourth-order valence-electron chi connectivity index (χ4n) is 1.92. The standard InChI is InChI=1S/C15H14Cl2N2O2/c16-10-2-1-9(13(17)7-10)5-6-19-11-3-4-14(18)12(8-11)15(20)21/h1-4,7-8,19H,5-6,18H2,(H,20,21). The Bertz CT molecular complexity index is 675. The maximum Gasteiger partial charge on any atom is 0.337 e. The highest BCUT2D eigenvalue weighted by Crippen LogP contribution is 2.22. The molecule has 0 unspecified atom stereocenters. The first kappa shape index (κ1) is 15.5. The van der Waals surface area contributed by atoms with Crippen molar-refractivity contribution in [2.75, 3.05) is 17.6 Å². The molecule has 0 amide bonds. The van der Waals surface area contributed by atoms with E-state index in [0.717, 1.165) is 5.56 Å². The fourth-order valence-corrected chi connectivity index (χ4v) is 2.42. The number of halogens is 2. The summed E-state index contributed by atoms with van der Waals surface area (Å²) in [6, 6.07) is 10.2. The van der Waals surface area contributed by atoms with E-state index in [9.17, 15) is 4.79 Å². The molecule has 0 atom stereocenters. The molecule has 0 aliphatic rings. The lowest BCUT2D eigenvalue weighted by molar-refractivity contribution is 0.0698. The number of carboxylic acid groups (broad SMARTS) is 1. The van der Waals surface area contributed by atoms with Gasteiger partial charge in [0.2, 0.25) is 0 Å². The van der Waals surface area contributed by atoms with Gasteiger partial charge in [0.05, 0.1) is 5.56 Å². The summed E-state index contributed by atoms with van der Waals surface area (Å²) in [5.74, 6) is -1.04. The van der Waals surface area contributed by atoms with Crippen molar-refractivity contribution >= 4 is 40.5 Å². The third-order valence-corrected chi connectivity index (χ3v) is 3.61. The number of hydrogen-bond acceptors (Lipinski definition) is 3. The zero-order valence-corrected chi connectivity index (χ0v) is 12.6. The molecular weight excluding hydrogens is 311 g/mol. The predicted molar refractivity (Wildman–Crippen MR) is 86.5 cm³/mol. The smallest absolute Gasteiger partial charge is 0.337 e. The Morgan fingerprint density at radius 2 is 1.95 bits per heavy atom. The van der Waals surface area contributed by atoms with Gasteiger partial charge in [-0.1, -0.05) is 29.3 Å². The Labute approximate surface area is 132 Å². The lowest BCUT2D eigenvalue weighted by Gasteiger charge is -2.10. The van der Waals surface area contributed by atoms with Crippen molar-refractivity contribution in [1.82, 2.24) is 0 Å². The van der Waals surface area contributed by atoms with Crippen molar-refractivity contribution in [3.8, 4) is 0 Å². The highest BCUT2D eigenvalue weighted by molar-refractivity contribution is 6.35. The summed E-state index contributed by atoms with van der Waals surface area (Å²) in [7, 11) is 0. The molecule has 0 heterocycles. The van der Waals surface area contributed by atoms with E-state index < -0.39 is 5.97 Å². The molecule has 0 bridgehead atoms. The van der Waals surface area contributed by atoms with Crippen LogP contribution in [-0.4, -0.2) is 17.6 Å². The summed E-state index contributed by atoms with van der Waals surface area (Å²) < 4.78 is 0. The number of benzene rings is 2. The van der Waals surface area contributed by atoms with E-state index in [0.29, 0.717) is 28.7 Å². The van der Waals surface area contributed by atoms with Crippen LogP contribution in [0.25, 0.3) is 0 Å². The number of nitrogens with one attached hydrogen (secondary N) is 1. The quantitative estimate of drug-likeness (QED) is 0.728. The van der Waals surface area contributed by atoms with Gasteiger partial charge in [0.15, 0.2) is 0 Å². The number of nitrogen functional groups attached to an aromatic ring is 1. The summed E-state index contributed by atoms with van der Waals surface area (Å²) >= 11 is 11.9. The maximum absolute atomic E-state index is 11.0. The Morgan fingerprint density at radius 3 is 2.62 bits per heavy atom. The van der Waals surface area contributed by atoms with E-state index in [-0.39, 0.29) is 11.3 Å². The van der Waals surface area contributed by atoms with Gasteiger partial charge in [-0.3, -0.25) is 0 Å². The van der Waals surface area contributed by atoms with Crippen LogP contribution >= 0.6 is 23.2 Å². The van der Waals surface area contributed by atoms with Crippen LogP contribution in [0.1, 0.15) is 15.9 Å². The summed E-state index contributed by atoms with van der Waals surface area (Å²) in [5, 5.41) is 13.4. The fraction of sp³-hybridized carbons (Fsp3) is 0.133. The van der Waals surface area contributed by atoms with E-state index in [1.54, 1.807) is 24.3 Å². The number of anilines is 2. The average Bonchev–Trinajstić information content (AvgIpc) is 2.42. The van der Waals surface area contributed by atoms with Gasteiger partial charge in [-0.15, -0.1) is 0 Å². The summed E-state index contributed by atoms with van der Waals surface area (Å²) in [6.07, 6.45) is 0.697. The molecular formula is C15H14Cl2N2O2. The molecule has 4 N–H and O–H groups in total. The van der Waals surface area contributed by atoms with Crippen molar-refractivity contribution < 1.29 is 9.90 Å². The topological polar surface area (TPSA) is 75.3 Å². The molecule has 0 aliphatic heterocycles. The number of aromatic carboxylic acids is 1. The molecule has 2 rings (SSSR count). The number of rotatable bonds is 5. The lowest BCUT2D eigenvalue weighted by atomic mass is 10.1. The van der Waals surface area contributed by atoms with E-state index >= 15 is 0 Å². The molecule has 6 heteroatoms. The van der Waals surface area contributed by atoms with Crippen molar-refractivity contribution in [2.24, 2.45) is 0 Å². The highest BCUT2D eigenvalue weighted by Gasteiger charge is 2.08. The van der Waals surface area contributed by atoms with Gasteiger partial charge >= 0.3 is 5.97 Å². The first-order valence-electron chi connectivity index (χ1n) is 6.28. The van der Waals surface area contributed by atoms with Gasteiger partial charge in [-0.25, -0.2) is 4.79 Å². The molecule has 0 aromatic heterocycles. The zero-order valence-electron chi connectivity index (χ0n) is 11.1. The van der Waals surface area contributed by atoms with E-state index in [1.165, 1.54) is 6.07 Å². The van der Waals surface area contributed by atoms with Crippen molar-refractivity contribution in [2.45, 2.75) is 6.42 Å². The number of carboxylic acids is 1. The van der Waals surface area contributed by atoms with Crippen LogP contribution in [0.3, 0.4) is 0 Å². The molecule has 0 aliphatic carbocycles. The van der Waals surface area contributed by atoms with Crippen molar-refractivity contribution in [1.29, 1.82) is 0 Å². The van der Waals surface area contributed by atoms with Gasteiger partial charge in [0, 0.05) is 28.0 Å². The van der Waals surface area contributed by atoms with E-state index in [2.05, 4.69) is 5.32 Å². The molecule has 2 aromatic rings. The molecule has 0 saturated carbocycles. The van der Waals surface area contributed by atoms with E-state index in [1.807, 2.05) is 6.07 Å². The average molecular weight is 325 g/mol. The third kappa shape index (κ3) is 4.03. The third-order valence-electron chi connectivity index (χ3n) is 3.02. The van der Waals surface area contributed by atoms with Crippen LogP contribution in [0.4, 0.5) is 11.4 Å². The zero-order chi connectivity index (χ0) is 15.4. The first-order valence-corrected chi connectivity index (χ1v) is 7.03. The molecule has 0 saturated heterocycles. The van der Waals surface area contributed by atoms with Crippen LogP contribution in [-0.2, 0) is 6.42 Å². The van der Waals surface area contributed by atoms with Gasteiger partial charge in [0.1, 0.15) is 0 Å². The number of nitrogens with two attached hydrogens (primary N) is 1. The largest absolute Gasteiger partial charge is 0.478 e. The minimum Gasteiger partial charge on any atom is -0.478 e. The second-order valence-corrected chi connectivity index (χ2v) is 5.36. The van der Waals surface area contributed by atoms with Gasteiger partial charge < -0.3 is 16.2 Å². The minimum atomic E-state index is -1.04. The molecule has 0 fully saturated rings. The molecule has 110 valence electrons. The Morgan fingerprint density at radius 1 is 1.19 bits per heavy atom. The van der Waals surface area contributed by atoms with Gasteiger partial charge in [-0.2, -0.15) is 0 Å². The van der Waals surface area contributed by atoms with Crippen molar-refractivity contribution in [3.63, 3.8) is 0 Å². The summed E-state index contributed by atoms with van der Waals surface area (Å²) in [4.78, 5) is 11.0. The van der Waals surface area contributed by atoms with Crippen LogP contribution in [0.2, 0.25) is 10.0 Å². The summed E-state index contributed by atoms with van der Waals surface area (Å²) in [5.41, 5.74) is 7.61. The van der Waals surface area contributed by atoms with Crippen LogP contribution in [0, 0.1) is 0 Å². The molecule has 4 nitrogen and oxygen atoms in total. The molecule has 21 heavy (non-hydrogen) atoms. The van der Waals surface area contributed by atoms with Crippen molar-refractivity contribution in [3.05, 3.63) is 57.6 Å². The van der Waals surface area contributed by atoms with E-state index in [4.69, 9.17) is 34.0 Å². The molecule has 0 spiro atoms. The number of hydrogen-bond donors (Lipinski definition) is 3. The van der Waals surface area contributed by atoms with Crippen LogP contribution < -0.4 is 11.1 Å². The first-order chi connectivity index (χ1) is 9.97. The minimum absolute atomic E-state index is 0.0875. The monoisotopic (exact) mass is 324 g/mol. The van der Waals surface area contributed by atoms with Gasteiger partial charge in [0.25, 0.3) is 0 Å². The Kier molecular flexibility index (Phi) is 4.94. The second-order valence-electron chi connectivity index (χ2n) is 4.52. The summed E-state index contributed by atoms with van der Waals surface area (Å²) in [6.45, 7) is 0.615. The SMILES string of the molecule is Nc1ccc(NCCc2ccc(Cl)cc2Cl)cc1C(=O)O. The normalized spacial score (nSPS) is 10.4. The molecule has 0 radical (unpaired) electrons. The maximum atomic E-state index is 11.0. The highest BCUT2D eigenvalue weighted by atomic mass is 35.5. The Balaban J connectivity index is 2.00. The lowest BCUT2D eigenvalue weighted by Crippen LogP contribution is -2.08.